The van der Waals surface area contributed by atoms with Gasteiger partial charge in [0.25, 0.3) is 0 Å². The van der Waals surface area contributed by atoms with E-state index in [0.29, 0.717) is 17.7 Å². The lowest BCUT2D eigenvalue weighted by Crippen LogP contribution is -2.39. The van der Waals surface area contributed by atoms with Crippen LogP contribution in [0, 0.1) is 18.8 Å². The Morgan fingerprint density at radius 1 is 1.30 bits per heavy atom. The van der Waals surface area contributed by atoms with E-state index in [2.05, 4.69) is 9.88 Å². The molecular formula is C18H27N3O2. The average molecular weight is 317 g/mol. The quantitative estimate of drug-likeness (QED) is 0.833. The zero-order valence-corrected chi connectivity index (χ0v) is 14.2. The highest BCUT2D eigenvalue weighted by atomic mass is 16.5. The third-order valence-corrected chi connectivity index (χ3v) is 5.06. The summed E-state index contributed by atoms with van der Waals surface area (Å²) in [6.07, 6.45) is 4.84. The first-order chi connectivity index (χ1) is 11.1. The molecule has 1 aromatic heterocycles. The number of nitrogens with zero attached hydrogens (tertiary/aromatic N) is 3. The number of hydrogen-bond acceptors (Lipinski definition) is 4. The molecule has 0 N–H and O–H groups in total. The number of hydrogen-bond donors (Lipinski definition) is 0. The molecule has 1 atom stereocenters. The molecule has 0 radical (unpaired) electrons. The first-order valence-electron chi connectivity index (χ1n) is 8.62. The second kappa shape index (κ2) is 7.30. The standard InChI is InChI=1S/C18H27N3O2/c1-14-4-3-7-19-18(14)23-13-15-5-8-21(9-6-15)12-16-10-17(22)20(2)11-16/h3-4,7,15-16H,5-6,8-13H2,1-2H3. The third kappa shape index (κ3) is 4.22. The molecule has 0 spiro atoms. The Bertz CT molecular complexity index is 541. The van der Waals surface area contributed by atoms with Gasteiger partial charge in [-0.3, -0.25) is 4.79 Å². The van der Waals surface area contributed by atoms with E-state index in [1.54, 1.807) is 6.20 Å². The minimum atomic E-state index is 0.295. The lowest BCUT2D eigenvalue weighted by Gasteiger charge is -2.33. The number of carbonyl (C=O) groups is 1. The summed E-state index contributed by atoms with van der Waals surface area (Å²) < 4.78 is 5.89. The van der Waals surface area contributed by atoms with Crippen LogP contribution in [0.2, 0.25) is 0 Å². The fourth-order valence-electron chi connectivity index (χ4n) is 3.60. The van der Waals surface area contributed by atoms with E-state index >= 15 is 0 Å². The minimum Gasteiger partial charge on any atom is -0.477 e. The van der Waals surface area contributed by atoms with Crippen molar-refractivity contribution in [2.45, 2.75) is 26.2 Å². The number of pyridine rings is 1. The van der Waals surface area contributed by atoms with Gasteiger partial charge in [-0.15, -0.1) is 0 Å². The number of aromatic nitrogens is 1. The second-order valence-electron chi connectivity index (χ2n) is 7.02. The Hall–Kier alpha value is -1.62. The zero-order valence-electron chi connectivity index (χ0n) is 14.2. The summed E-state index contributed by atoms with van der Waals surface area (Å²) in [5, 5.41) is 0. The van der Waals surface area contributed by atoms with Crippen molar-refractivity contribution in [3.63, 3.8) is 0 Å². The fraction of sp³-hybridized carbons (Fsp3) is 0.667. The van der Waals surface area contributed by atoms with Crippen LogP contribution in [0.4, 0.5) is 0 Å². The molecule has 0 saturated carbocycles. The Morgan fingerprint density at radius 3 is 2.74 bits per heavy atom. The molecule has 5 nitrogen and oxygen atoms in total. The van der Waals surface area contributed by atoms with Gasteiger partial charge >= 0.3 is 0 Å². The molecule has 1 amide bonds. The number of piperidine rings is 1. The van der Waals surface area contributed by atoms with Gasteiger partial charge in [0, 0.05) is 38.3 Å². The third-order valence-electron chi connectivity index (χ3n) is 5.06. The van der Waals surface area contributed by atoms with Crippen LogP contribution < -0.4 is 4.74 Å². The molecule has 3 heterocycles. The van der Waals surface area contributed by atoms with E-state index in [0.717, 1.165) is 50.7 Å². The average Bonchev–Trinajstić information content (AvgIpc) is 2.86. The molecule has 0 aromatic carbocycles. The second-order valence-corrected chi connectivity index (χ2v) is 7.02. The van der Waals surface area contributed by atoms with Crippen molar-refractivity contribution in [2.24, 2.45) is 11.8 Å². The Kier molecular flexibility index (Phi) is 5.16. The lowest BCUT2D eigenvalue weighted by atomic mass is 9.96. The number of likely N-dealkylation sites (tertiary alicyclic amines) is 2. The van der Waals surface area contributed by atoms with Crippen molar-refractivity contribution in [3.8, 4) is 5.88 Å². The van der Waals surface area contributed by atoms with Crippen LogP contribution in [0.5, 0.6) is 5.88 Å². The van der Waals surface area contributed by atoms with E-state index in [9.17, 15) is 4.79 Å². The van der Waals surface area contributed by atoms with Crippen LogP contribution in [-0.4, -0.2) is 60.5 Å². The van der Waals surface area contributed by atoms with Crippen LogP contribution in [-0.2, 0) is 4.79 Å². The molecule has 23 heavy (non-hydrogen) atoms. The van der Waals surface area contributed by atoms with Gasteiger partial charge in [0.15, 0.2) is 0 Å². The van der Waals surface area contributed by atoms with Gasteiger partial charge in [-0.1, -0.05) is 6.07 Å². The normalized spacial score (nSPS) is 23.5. The summed E-state index contributed by atoms with van der Waals surface area (Å²) in [6, 6.07) is 3.97. The molecule has 1 unspecified atom stereocenters. The van der Waals surface area contributed by atoms with Crippen molar-refractivity contribution in [2.75, 3.05) is 39.8 Å². The maximum Gasteiger partial charge on any atom is 0.222 e. The van der Waals surface area contributed by atoms with Gasteiger partial charge in [0.05, 0.1) is 6.61 Å². The van der Waals surface area contributed by atoms with Crippen molar-refractivity contribution in [3.05, 3.63) is 23.9 Å². The summed E-state index contributed by atoms with van der Waals surface area (Å²) in [4.78, 5) is 20.3. The van der Waals surface area contributed by atoms with E-state index in [-0.39, 0.29) is 0 Å². The highest BCUT2D eigenvalue weighted by Gasteiger charge is 2.29. The number of amides is 1. The van der Waals surface area contributed by atoms with Crippen molar-refractivity contribution in [1.29, 1.82) is 0 Å². The van der Waals surface area contributed by atoms with Crippen LogP contribution in [0.1, 0.15) is 24.8 Å². The summed E-state index contributed by atoms with van der Waals surface area (Å²) in [6.45, 7) is 7.00. The molecule has 0 bridgehead atoms. The van der Waals surface area contributed by atoms with Crippen LogP contribution >= 0.6 is 0 Å². The summed E-state index contributed by atoms with van der Waals surface area (Å²) in [5.74, 6) is 2.18. The molecule has 126 valence electrons. The molecule has 0 aliphatic carbocycles. The first kappa shape index (κ1) is 16.2. The summed E-state index contributed by atoms with van der Waals surface area (Å²) in [5.41, 5.74) is 1.10. The highest BCUT2D eigenvalue weighted by Crippen LogP contribution is 2.23. The maximum absolute atomic E-state index is 11.6. The van der Waals surface area contributed by atoms with Gasteiger partial charge in [-0.05, 0) is 50.8 Å². The fourth-order valence-corrected chi connectivity index (χ4v) is 3.60. The van der Waals surface area contributed by atoms with Gasteiger partial charge in [-0.25, -0.2) is 4.98 Å². The van der Waals surface area contributed by atoms with Gasteiger partial charge < -0.3 is 14.5 Å². The minimum absolute atomic E-state index is 0.295. The smallest absolute Gasteiger partial charge is 0.222 e. The topological polar surface area (TPSA) is 45.7 Å². The van der Waals surface area contributed by atoms with Crippen LogP contribution in [0.15, 0.2) is 18.3 Å². The Balaban J connectivity index is 1.39. The van der Waals surface area contributed by atoms with Crippen LogP contribution in [0.3, 0.4) is 0 Å². The van der Waals surface area contributed by atoms with Gasteiger partial charge in [0.2, 0.25) is 11.8 Å². The summed E-state index contributed by atoms with van der Waals surface area (Å²) in [7, 11) is 1.91. The highest BCUT2D eigenvalue weighted by molar-refractivity contribution is 5.78. The zero-order chi connectivity index (χ0) is 16.2. The van der Waals surface area contributed by atoms with E-state index in [1.807, 2.05) is 31.0 Å². The molecule has 2 fully saturated rings. The molecule has 3 rings (SSSR count). The van der Waals surface area contributed by atoms with Crippen molar-refractivity contribution in [1.82, 2.24) is 14.8 Å². The number of carbonyl (C=O) groups excluding carboxylic acids is 1. The predicted molar refractivity (Wildman–Crippen MR) is 89.4 cm³/mol. The summed E-state index contributed by atoms with van der Waals surface area (Å²) >= 11 is 0. The molecule has 5 heteroatoms. The van der Waals surface area contributed by atoms with Crippen LogP contribution in [0.25, 0.3) is 0 Å². The molecule has 2 saturated heterocycles. The van der Waals surface area contributed by atoms with Gasteiger partial charge in [-0.2, -0.15) is 0 Å². The van der Waals surface area contributed by atoms with Gasteiger partial charge in [0.1, 0.15) is 0 Å². The Morgan fingerprint density at radius 2 is 2.09 bits per heavy atom. The van der Waals surface area contributed by atoms with E-state index in [4.69, 9.17) is 4.74 Å². The van der Waals surface area contributed by atoms with Crippen molar-refractivity contribution < 1.29 is 9.53 Å². The predicted octanol–water partition coefficient (Wildman–Crippen LogP) is 1.96. The first-order valence-corrected chi connectivity index (χ1v) is 8.62. The number of aryl methyl sites for hydroxylation is 1. The molecule has 2 aliphatic rings. The molecular weight excluding hydrogens is 290 g/mol. The van der Waals surface area contributed by atoms with E-state index < -0.39 is 0 Å². The SMILES string of the molecule is Cc1cccnc1OCC1CCN(CC2CC(=O)N(C)C2)CC1. The molecule has 2 aliphatic heterocycles. The number of rotatable bonds is 5. The number of ether oxygens (including phenoxy) is 1. The maximum atomic E-state index is 11.6. The Labute approximate surface area is 138 Å². The lowest BCUT2D eigenvalue weighted by molar-refractivity contribution is -0.126. The van der Waals surface area contributed by atoms with Crippen molar-refractivity contribution >= 4 is 5.91 Å². The van der Waals surface area contributed by atoms with E-state index in [1.165, 1.54) is 12.8 Å². The monoisotopic (exact) mass is 317 g/mol. The largest absolute Gasteiger partial charge is 0.477 e. The molecule has 1 aromatic rings.